The van der Waals surface area contributed by atoms with E-state index in [1.54, 1.807) is 0 Å². The second kappa shape index (κ2) is 11.0. The van der Waals surface area contributed by atoms with Crippen molar-refractivity contribution in [1.29, 1.82) is 0 Å². The highest BCUT2D eigenvalue weighted by Crippen LogP contribution is 2.41. The normalized spacial score (nSPS) is 16.5. The number of piperidine rings is 1. The minimum atomic E-state index is -5.31. The molecule has 0 bridgehead atoms. The summed E-state index contributed by atoms with van der Waals surface area (Å²) in [5, 5.41) is 0. The van der Waals surface area contributed by atoms with Gasteiger partial charge in [-0.05, 0) is 69.0 Å². The maximum Gasteiger partial charge on any atom is 0.417 e. The van der Waals surface area contributed by atoms with Gasteiger partial charge in [-0.2, -0.15) is 39.5 Å². The first kappa shape index (κ1) is 33.7. The molecule has 6 nitrogen and oxygen atoms in total. The predicted molar refractivity (Wildman–Crippen MR) is 131 cm³/mol. The Bertz CT molecular complexity index is 1550. The average molecular weight is 654 g/mol. The van der Waals surface area contributed by atoms with Crippen molar-refractivity contribution in [1.82, 2.24) is 4.90 Å². The molecule has 2 aromatic carbocycles. The molecule has 0 N–H and O–H groups in total. The van der Waals surface area contributed by atoms with Crippen molar-refractivity contribution < 1.29 is 61.1 Å². The molecule has 1 fully saturated rings. The number of halogens is 9. The third kappa shape index (κ3) is 7.03. The van der Waals surface area contributed by atoms with Gasteiger partial charge in [0.05, 0.1) is 31.2 Å². The second-order valence-corrected chi connectivity index (χ2v) is 14.8. The molecule has 1 aliphatic heterocycles. The number of benzene rings is 2. The fraction of sp³-hybridized carbons (Fsp3) is 0.480. The van der Waals surface area contributed by atoms with Crippen LogP contribution in [0.2, 0.25) is 0 Å². The maximum atomic E-state index is 13.8. The SMILES string of the molecule is CC(C)(C1CCN(C(=O)c2ccc(S(=O)(=O)CC(F)(F)F)cc2C(F)(F)F)CC1)S(=O)(=O)c1cccc(C(F)(F)F)c1. The average Bonchev–Trinajstić information content (AvgIpc) is 2.85. The minimum absolute atomic E-state index is 0.0359. The van der Waals surface area contributed by atoms with E-state index in [4.69, 9.17) is 0 Å². The Hall–Kier alpha value is -2.82. The van der Waals surface area contributed by atoms with Crippen LogP contribution >= 0.6 is 0 Å². The third-order valence-electron chi connectivity index (χ3n) is 7.17. The number of nitrogens with zero attached hydrogens (tertiary/aromatic N) is 1. The molecule has 0 saturated carbocycles. The quantitative estimate of drug-likeness (QED) is 0.349. The molecule has 0 spiro atoms. The van der Waals surface area contributed by atoms with Gasteiger partial charge in [0, 0.05) is 13.1 Å². The van der Waals surface area contributed by atoms with Gasteiger partial charge >= 0.3 is 18.5 Å². The fourth-order valence-electron chi connectivity index (χ4n) is 4.75. The number of likely N-dealkylation sites (tertiary alicyclic amines) is 1. The Balaban J connectivity index is 1.85. The van der Waals surface area contributed by atoms with Crippen molar-refractivity contribution in [2.75, 3.05) is 18.8 Å². The van der Waals surface area contributed by atoms with Gasteiger partial charge in [0.1, 0.15) is 0 Å². The zero-order chi connectivity index (χ0) is 32.1. The predicted octanol–water partition coefficient (Wildman–Crippen LogP) is 6.16. The molecule has 1 saturated heterocycles. The van der Waals surface area contributed by atoms with Crippen LogP contribution in [0.15, 0.2) is 52.3 Å². The third-order valence-corrected chi connectivity index (χ3v) is 11.4. The molecule has 17 heteroatoms. The molecule has 0 radical (unpaired) electrons. The number of carbonyl (C=O) groups is 1. The van der Waals surface area contributed by atoms with Crippen LogP contribution in [0.5, 0.6) is 0 Å². The van der Waals surface area contributed by atoms with Crippen LogP contribution in [0.4, 0.5) is 39.5 Å². The molecule has 1 amide bonds. The zero-order valence-electron chi connectivity index (χ0n) is 21.9. The summed E-state index contributed by atoms with van der Waals surface area (Å²) in [5.74, 6) is -4.34. The lowest BCUT2D eigenvalue weighted by molar-refractivity contribution is -0.138. The van der Waals surface area contributed by atoms with E-state index < -0.39 is 87.0 Å². The Labute approximate surface area is 235 Å². The number of carbonyl (C=O) groups excluding carboxylic acids is 1. The standard InChI is InChI=1S/C25H24F9NO5S2/c1-22(2,42(39,40)18-5-3-4-16(12-18)24(29,30)31)15-8-10-35(11-9-15)21(36)19-7-6-17(13-20(19)25(32,33)34)41(37,38)14-23(26,27)28/h3-7,12-13,15H,8-11,14H2,1-2H3. The Kier molecular flexibility index (Phi) is 8.84. The van der Waals surface area contributed by atoms with E-state index >= 15 is 0 Å². The van der Waals surface area contributed by atoms with Gasteiger partial charge in [-0.1, -0.05) is 6.07 Å². The zero-order valence-corrected chi connectivity index (χ0v) is 23.5. The molecule has 0 aliphatic carbocycles. The number of hydrogen-bond acceptors (Lipinski definition) is 5. The second-order valence-electron chi connectivity index (χ2n) is 10.3. The van der Waals surface area contributed by atoms with Crippen LogP contribution in [0, 0.1) is 5.92 Å². The van der Waals surface area contributed by atoms with Crippen LogP contribution in [0.25, 0.3) is 0 Å². The van der Waals surface area contributed by atoms with Crippen LogP contribution in [-0.2, 0) is 32.0 Å². The van der Waals surface area contributed by atoms with Crippen LogP contribution < -0.4 is 0 Å². The number of amides is 1. The van der Waals surface area contributed by atoms with Crippen molar-refractivity contribution in [3.63, 3.8) is 0 Å². The molecular formula is C25H24F9NO5S2. The molecule has 2 aromatic rings. The highest BCUT2D eigenvalue weighted by atomic mass is 32.2. The van der Waals surface area contributed by atoms with Crippen LogP contribution in [-0.4, -0.2) is 57.4 Å². The van der Waals surface area contributed by atoms with E-state index in [0.29, 0.717) is 24.3 Å². The summed E-state index contributed by atoms with van der Waals surface area (Å²) < 4.78 is 168. The Morgan fingerprint density at radius 2 is 1.38 bits per heavy atom. The first-order valence-electron chi connectivity index (χ1n) is 12.1. The van der Waals surface area contributed by atoms with Gasteiger partial charge in [-0.25, -0.2) is 16.8 Å². The minimum Gasteiger partial charge on any atom is -0.339 e. The summed E-state index contributed by atoms with van der Waals surface area (Å²) in [6.07, 6.45) is -15.4. The summed E-state index contributed by atoms with van der Waals surface area (Å²) in [4.78, 5) is 12.1. The van der Waals surface area contributed by atoms with Crippen LogP contribution in [0.3, 0.4) is 0 Å². The molecule has 1 heterocycles. The first-order valence-corrected chi connectivity index (χ1v) is 15.2. The number of hydrogen-bond donors (Lipinski definition) is 0. The highest BCUT2D eigenvalue weighted by molar-refractivity contribution is 7.92. The van der Waals surface area contributed by atoms with Gasteiger partial charge in [0.15, 0.2) is 25.4 Å². The molecule has 0 unspecified atom stereocenters. The first-order chi connectivity index (χ1) is 18.9. The summed E-state index contributed by atoms with van der Waals surface area (Å²) in [6, 6.07) is 4.10. The maximum absolute atomic E-state index is 13.8. The lowest BCUT2D eigenvalue weighted by Gasteiger charge is -2.40. The van der Waals surface area contributed by atoms with E-state index in [1.165, 1.54) is 13.8 Å². The van der Waals surface area contributed by atoms with Crippen molar-refractivity contribution >= 4 is 25.6 Å². The molecule has 42 heavy (non-hydrogen) atoms. The fourth-order valence-corrected chi connectivity index (χ4v) is 7.74. The smallest absolute Gasteiger partial charge is 0.339 e. The van der Waals surface area contributed by atoms with Crippen molar-refractivity contribution in [3.05, 3.63) is 59.2 Å². The van der Waals surface area contributed by atoms with Crippen molar-refractivity contribution in [3.8, 4) is 0 Å². The molecular weight excluding hydrogens is 629 g/mol. The van der Waals surface area contributed by atoms with E-state index in [9.17, 15) is 61.1 Å². The van der Waals surface area contributed by atoms with E-state index in [-0.39, 0.29) is 32.0 Å². The lowest BCUT2D eigenvalue weighted by Crippen LogP contribution is -2.48. The van der Waals surface area contributed by atoms with E-state index in [1.807, 2.05) is 0 Å². The summed E-state index contributed by atoms with van der Waals surface area (Å²) >= 11 is 0. The molecule has 234 valence electrons. The molecule has 3 rings (SSSR count). The van der Waals surface area contributed by atoms with Gasteiger partial charge in [-0.15, -0.1) is 0 Å². The molecule has 0 aromatic heterocycles. The van der Waals surface area contributed by atoms with E-state index in [2.05, 4.69) is 0 Å². The topological polar surface area (TPSA) is 88.6 Å². The highest BCUT2D eigenvalue weighted by Gasteiger charge is 2.46. The monoisotopic (exact) mass is 653 g/mol. The summed E-state index contributed by atoms with van der Waals surface area (Å²) in [7, 11) is -9.57. The summed E-state index contributed by atoms with van der Waals surface area (Å²) in [5.41, 5.74) is -3.94. The summed E-state index contributed by atoms with van der Waals surface area (Å²) in [6.45, 7) is 2.09. The Morgan fingerprint density at radius 3 is 1.88 bits per heavy atom. The van der Waals surface area contributed by atoms with Gasteiger partial charge in [-0.3, -0.25) is 4.79 Å². The van der Waals surface area contributed by atoms with Crippen LogP contribution in [0.1, 0.15) is 48.2 Å². The van der Waals surface area contributed by atoms with Gasteiger partial charge in [0.2, 0.25) is 0 Å². The molecule has 0 atom stereocenters. The van der Waals surface area contributed by atoms with Crippen molar-refractivity contribution in [2.24, 2.45) is 5.92 Å². The van der Waals surface area contributed by atoms with Crippen molar-refractivity contribution in [2.45, 2.75) is 59.8 Å². The number of rotatable bonds is 6. The van der Waals surface area contributed by atoms with Gasteiger partial charge in [0.25, 0.3) is 5.91 Å². The number of sulfone groups is 2. The van der Waals surface area contributed by atoms with Gasteiger partial charge < -0.3 is 4.90 Å². The van der Waals surface area contributed by atoms with E-state index in [0.717, 1.165) is 17.0 Å². The molecule has 1 aliphatic rings. The Morgan fingerprint density at radius 1 is 0.810 bits per heavy atom. The lowest BCUT2D eigenvalue weighted by atomic mass is 9.85. The largest absolute Gasteiger partial charge is 0.417 e. The number of alkyl halides is 9.